The van der Waals surface area contributed by atoms with E-state index < -0.39 is 61.0 Å². The van der Waals surface area contributed by atoms with E-state index in [9.17, 15) is 44.1 Å². The zero-order chi connectivity index (χ0) is 60.0. The molecule has 4 heterocycles. The Morgan fingerprint density at radius 1 is 0.310 bits per heavy atom. The van der Waals surface area contributed by atoms with Crippen LogP contribution in [0, 0.1) is 47.4 Å². The number of hydrogen-bond donors (Lipinski definition) is 3. The van der Waals surface area contributed by atoms with Gasteiger partial charge in [-0.2, -0.15) is 0 Å². The fourth-order valence-corrected chi connectivity index (χ4v) is 8.84. The normalized spacial score (nSPS) is 14.5. The first kappa shape index (κ1) is 65.6. The van der Waals surface area contributed by atoms with Crippen LogP contribution in [0.1, 0.15) is 154 Å². The molecular weight excluding hydrogens is 1140 g/mol. The van der Waals surface area contributed by atoms with Crippen molar-refractivity contribution < 1.29 is 131 Å². The number of carboxylic acid groups (broad SMARTS) is 3. The average Bonchev–Trinajstić information content (AvgIpc) is 3.22. The zero-order valence-corrected chi connectivity index (χ0v) is 49.1. The van der Waals surface area contributed by atoms with Gasteiger partial charge in [0.1, 0.15) is 0 Å². The number of carbonyl (C=O) groups is 6. The summed E-state index contributed by atoms with van der Waals surface area (Å²) in [6.07, 6.45) is -2.62. The molecule has 10 rings (SSSR count). The van der Waals surface area contributed by atoms with Crippen LogP contribution in [-0.2, 0) is 52.1 Å². The number of hydrogen-bond acceptors (Lipinski definition) is 18. The molecule has 0 saturated carbocycles. The first-order valence-electron chi connectivity index (χ1n) is 26.0. The van der Waals surface area contributed by atoms with Crippen molar-refractivity contribution in [1.82, 2.24) is 0 Å². The molecule has 87 heavy (non-hydrogen) atoms. The number of benzene rings is 6. The van der Waals surface area contributed by atoms with E-state index in [2.05, 4.69) is 47.4 Å². The minimum absolute atomic E-state index is 0. The van der Waals surface area contributed by atoms with Crippen LogP contribution in [0.3, 0.4) is 0 Å². The fraction of sp³-hybridized carbons (Fsp3) is 0.231. The summed E-state index contributed by atoms with van der Waals surface area (Å²) in [6.45, 7) is 3.31. The Hall–Kier alpha value is -8.98. The molecule has 6 aromatic carbocycles. The topological polar surface area (TPSA) is 295 Å². The fourth-order valence-electron chi connectivity index (χ4n) is 8.84. The molecule has 0 aromatic heterocycles. The standard InChI is InChI=1S/C34H28O10.C31H22O10.Na.H2O/c1-38-30(35)25-13-21(4-6-23-15-26(31(36)39-2)19-28(17-23)33-41-8-9-42-33)12-22(14-25)5-7-24-16-27(32(37)40-3)20-29(18-24)34-43-10-11-44-34;32-27(33)22-10-18(1-3-20-12-23(28(34)35)16-25(14-20)30-38-5-6-39-30)9-19(11-22)2-4-21-13-24(29(36)37)17-26(15-21)31-40-7-8-41-31;;/h12-20,33-34H,8-11H2,1-3H3;9-17,30-31H,5-8H2,(H,32,33)(H,34,35)(H,36,37);;1H2/q;;+1;/p-1. The first-order chi connectivity index (χ1) is 41.1. The maximum absolute atomic E-state index is 12.5. The van der Waals surface area contributed by atoms with Crippen molar-refractivity contribution >= 4 is 35.8 Å². The zero-order valence-electron chi connectivity index (χ0n) is 47.1. The Balaban J connectivity index is 0.000000243. The van der Waals surface area contributed by atoms with Gasteiger partial charge in [-0.3, -0.25) is 0 Å². The number of aromatic carboxylic acids is 3. The number of rotatable bonds is 10. The molecule has 0 atom stereocenters. The third-order valence-corrected chi connectivity index (χ3v) is 12.7. The maximum atomic E-state index is 12.5. The molecule has 4 saturated heterocycles. The van der Waals surface area contributed by atoms with Crippen molar-refractivity contribution in [3.63, 3.8) is 0 Å². The quantitative estimate of drug-likeness (QED) is 0.0739. The molecule has 438 valence electrons. The summed E-state index contributed by atoms with van der Waals surface area (Å²) in [4.78, 5) is 72.2. The van der Waals surface area contributed by atoms with Crippen LogP contribution in [0.15, 0.2) is 109 Å². The molecule has 21 nitrogen and oxygen atoms in total. The van der Waals surface area contributed by atoms with E-state index in [1.54, 1.807) is 72.8 Å². The predicted molar refractivity (Wildman–Crippen MR) is 298 cm³/mol. The van der Waals surface area contributed by atoms with Crippen LogP contribution < -0.4 is 29.6 Å². The van der Waals surface area contributed by atoms with Gasteiger partial charge in [0, 0.05) is 66.8 Å². The van der Waals surface area contributed by atoms with Crippen LogP contribution in [0.5, 0.6) is 0 Å². The number of methoxy groups -OCH3 is 3. The molecule has 4 N–H and O–H groups in total. The monoisotopic (exact) mass is 1190 g/mol. The van der Waals surface area contributed by atoms with Crippen LogP contribution in [0.4, 0.5) is 0 Å². The first-order valence-corrected chi connectivity index (χ1v) is 26.0. The molecule has 0 bridgehead atoms. The number of carbonyl (C=O) groups excluding carboxylic acids is 3. The minimum atomic E-state index is -1.19. The van der Waals surface area contributed by atoms with E-state index in [1.165, 1.54) is 57.7 Å². The van der Waals surface area contributed by atoms with Crippen molar-refractivity contribution in [2.45, 2.75) is 25.2 Å². The van der Waals surface area contributed by atoms with Crippen molar-refractivity contribution in [2.24, 2.45) is 0 Å². The molecule has 4 aliphatic rings. The Morgan fingerprint density at radius 2 is 0.483 bits per heavy atom. The maximum Gasteiger partial charge on any atom is 1.00 e. The summed E-state index contributed by atoms with van der Waals surface area (Å²) < 4.78 is 59.0. The molecule has 4 fully saturated rings. The Kier molecular flexibility index (Phi) is 23.3. The second-order valence-corrected chi connectivity index (χ2v) is 18.7. The summed E-state index contributed by atoms with van der Waals surface area (Å²) in [6, 6.07) is 28.3. The summed E-state index contributed by atoms with van der Waals surface area (Å²) in [7, 11) is 3.88. The van der Waals surface area contributed by atoms with Gasteiger partial charge in [0.25, 0.3) is 0 Å². The largest absolute Gasteiger partial charge is 1.00 e. The van der Waals surface area contributed by atoms with Crippen LogP contribution in [0.2, 0.25) is 0 Å². The van der Waals surface area contributed by atoms with E-state index in [4.69, 9.17) is 52.1 Å². The van der Waals surface area contributed by atoms with Crippen molar-refractivity contribution in [2.75, 3.05) is 74.2 Å². The van der Waals surface area contributed by atoms with Gasteiger partial charge in [0.2, 0.25) is 0 Å². The summed E-state index contributed by atoms with van der Waals surface area (Å²) >= 11 is 0. The summed E-state index contributed by atoms with van der Waals surface area (Å²) in [5.74, 6) is 18.6. The molecule has 4 aliphatic heterocycles. The van der Waals surface area contributed by atoms with Gasteiger partial charge in [0.05, 0.1) is 108 Å². The van der Waals surface area contributed by atoms with Crippen LogP contribution in [0.25, 0.3) is 0 Å². The Bertz CT molecular complexity index is 3650. The molecule has 0 spiro atoms. The van der Waals surface area contributed by atoms with E-state index >= 15 is 0 Å². The third-order valence-electron chi connectivity index (χ3n) is 12.7. The second kappa shape index (κ2) is 30.9. The summed E-state index contributed by atoms with van der Waals surface area (Å²) in [5.41, 5.74) is 6.48. The molecule has 0 radical (unpaired) electrons. The SMILES string of the molecule is COC(=O)c1cc(C#Cc2cc(C(=O)OC)cc(C3OCCO3)c2)cc(C#Cc2cc(C(=O)OC)cc(C3OCCO3)c2)c1.O=C(O)c1cc(C#Cc2cc(C(=O)O)cc(C3OCCO3)c2)cc(C#Cc2cc(C(=O)O)cc(C3OCCO3)c2)c1.[Na+].[OH-]. The van der Waals surface area contributed by atoms with Crippen molar-refractivity contribution in [1.29, 1.82) is 0 Å². The molecule has 22 heteroatoms. The average molecular weight is 1190 g/mol. The molecule has 6 aromatic rings. The molecule has 0 amide bonds. The van der Waals surface area contributed by atoms with Gasteiger partial charge in [0.15, 0.2) is 25.2 Å². The Labute approximate surface area is 520 Å². The smallest absolute Gasteiger partial charge is 0.870 e. The van der Waals surface area contributed by atoms with E-state index in [0.717, 1.165) is 0 Å². The van der Waals surface area contributed by atoms with Gasteiger partial charge < -0.3 is 72.9 Å². The van der Waals surface area contributed by atoms with E-state index in [1.807, 2.05) is 0 Å². The van der Waals surface area contributed by atoms with Crippen molar-refractivity contribution in [3.05, 3.63) is 209 Å². The van der Waals surface area contributed by atoms with E-state index in [0.29, 0.717) is 131 Å². The predicted octanol–water partition coefficient (Wildman–Crippen LogP) is 4.44. The second-order valence-electron chi connectivity index (χ2n) is 18.7. The number of carboxylic acids is 3. The van der Waals surface area contributed by atoms with E-state index in [-0.39, 0.29) is 57.3 Å². The molecule has 0 aliphatic carbocycles. The number of esters is 3. The summed E-state index contributed by atoms with van der Waals surface area (Å²) in [5, 5.41) is 28.7. The number of ether oxygens (including phenoxy) is 11. The molecular formula is C65H51NaO21. The Morgan fingerprint density at radius 3 is 0.690 bits per heavy atom. The molecule has 0 unspecified atom stereocenters. The van der Waals surface area contributed by atoms with Crippen molar-refractivity contribution in [3.8, 4) is 47.4 Å². The van der Waals surface area contributed by atoms with Gasteiger partial charge in [-0.15, -0.1) is 0 Å². The van der Waals surface area contributed by atoms with Crippen LogP contribution >= 0.6 is 0 Å². The third kappa shape index (κ3) is 17.6. The van der Waals surface area contributed by atoms with Crippen LogP contribution in [-0.4, -0.2) is 131 Å². The van der Waals surface area contributed by atoms with Gasteiger partial charge in [-0.25, -0.2) is 28.8 Å². The van der Waals surface area contributed by atoms with Gasteiger partial charge in [-0.05, 0) is 109 Å². The minimum Gasteiger partial charge on any atom is -0.870 e. The van der Waals surface area contributed by atoms with Gasteiger partial charge in [-0.1, -0.05) is 47.4 Å². The van der Waals surface area contributed by atoms with Gasteiger partial charge >= 0.3 is 65.4 Å².